The van der Waals surface area contributed by atoms with Gasteiger partial charge in [-0.25, -0.2) is 0 Å². The van der Waals surface area contributed by atoms with Gasteiger partial charge in [-0.3, -0.25) is 4.79 Å². The molecule has 0 heterocycles. The van der Waals surface area contributed by atoms with Crippen molar-refractivity contribution < 1.29 is 9.90 Å². The van der Waals surface area contributed by atoms with Gasteiger partial charge in [0.15, 0.2) is 0 Å². The molecule has 0 spiro atoms. The van der Waals surface area contributed by atoms with Crippen molar-refractivity contribution in [2.24, 2.45) is 0 Å². The first kappa shape index (κ1) is 11.3. The predicted octanol–water partition coefficient (Wildman–Crippen LogP) is 2.47. The van der Waals surface area contributed by atoms with Crippen LogP contribution in [0, 0.1) is 0 Å². The number of nitrogens with one attached hydrogen (secondary N) is 1. The SMILES string of the molecule is C=C(C)Cc1cc(NC(C)=O)ccc1O. The number of allylic oxidation sites excluding steroid dienone is 1. The van der Waals surface area contributed by atoms with E-state index in [2.05, 4.69) is 11.9 Å². The Labute approximate surface area is 89.4 Å². The van der Waals surface area contributed by atoms with Crippen LogP contribution in [0.4, 0.5) is 5.69 Å². The van der Waals surface area contributed by atoms with Crippen LogP contribution in [-0.4, -0.2) is 11.0 Å². The molecule has 3 heteroatoms. The van der Waals surface area contributed by atoms with Crippen LogP contribution in [0.1, 0.15) is 19.4 Å². The topological polar surface area (TPSA) is 49.3 Å². The summed E-state index contributed by atoms with van der Waals surface area (Å²) in [5.41, 5.74) is 2.43. The number of carbonyl (C=O) groups is 1. The number of phenols is 1. The fraction of sp³-hybridized carbons (Fsp3) is 0.250. The summed E-state index contributed by atoms with van der Waals surface area (Å²) < 4.78 is 0. The third kappa shape index (κ3) is 3.46. The molecule has 0 unspecified atom stereocenters. The lowest BCUT2D eigenvalue weighted by molar-refractivity contribution is -0.114. The van der Waals surface area contributed by atoms with E-state index in [-0.39, 0.29) is 11.7 Å². The largest absolute Gasteiger partial charge is 0.508 e. The number of phenolic OH excluding ortho intramolecular Hbond substituents is 1. The van der Waals surface area contributed by atoms with Gasteiger partial charge in [-0.05, 0) is 37.1 Å². The van der Waals surface area contributed by atoms with E-state index < -0.39 is 0 Å². The zero-order chi connectivity index (χ0) is 11.4. The number of amides is 1. The average molecular weight is 205 g/mol. The van der Waals surface area contributed by atoms with Crippen LogP contribution in [-0.2, 0) is 11.2 Å². The first-order valence-electron chi connectivity index (χ1n) is 4.73. The molecule has 1 rings (SSSR count). The smallest absolute Gasteiger partial charge is 0.221 e. The minimum absolute atomic E-state index is 0.123. The van der Waals surface area contributed by atoms with Gasteiger partial charge >= 0.3 is 0 Å². The molecule has 0 saturated carbocycles. The highest BCUT2D eigenvalue weighted by Gasteiger charge is 2.03. The Bertz CT molecular complexity index is 397. The second kappa shape index (κ2) is 4.64. The summed E-state index contributed by atoms with van der Waals surface area (Å²) in [6.07, 6.45) is 0.610. The van der Waals surface area contributed by atoms with Gasteiger partial charge in [-0.1, -0.05) is 12.2 Å². The zero-order valence-corrected chi connectivity index (χ0v) is 9.00. The van der Waals surface area contributed by atoms with E-state index in [0.29, 0.717) is 12.1 Å². The number of aromatic hydroxyl groups is 1. The molecule has 0 fully saturated rings. The molecule has 15 heavy (non-hydrogen) atoms. The quantitative estimate of drug-likeness (QED) is 0.588. The third-order valence-electron chi connectivity index (χ3n) is 1.89. The molecule has 1 aromatic carbocycles. The zero-order valence-electron chi connectivity index (χ0n) is 9.00. The summed E-state index contributed by atoms with van der Waals surface area (Å²) in [6.45, 7) is 7.13. The van der Waals surface area contributed by atoms with Crippen molar-refractivity contribution in [3.8, 4) is 5.75 Å². The molecule has 0 aromatic heterocycles. The number of rotatable bonds is 3. The maximum Gasteiger partial charge on any atom is 0.221 e. The molecule has 1 aromatic rings. The summed E-state index contributed by atoms with van der Waals surface area (Å²) in [5, 5.41) is 12.2. The van der Waals surface area contributed by atoms with Gasteiger partial charge in [0.1, 0.15) is 5.75 Å². The molecule has 3 nitrogen and oxygen atoms in total. The molecule has 0 bridgehead atoms. The summed E-state index contributed by atoms with van der Waals surface area (Å²) >= 11 is 0. The van der Waals surface area contributed by atoms with Crippen molar-refractivity contribution in [3.05, 3.63) is 35.9 Å². The van der Waals surface area contributed by atoms with E-state index >= 15 is 0 Å². The monoisotopic (exact) mass is 205 g/mol. The van der Waals surface area contributed by atoms with Crippen LogP contribution in [0.5, 0.6) is 5.75 Å². The van der Waals surface area contributed by atoms with Gasteiger partial charge in [0.05, 0.1) is 0 Å². The van der Waals surface area contributed by atoms with Crippen LogP contribution in [0.25, 0.3) is 0 Å². The maximum atomic E-state index is 10.8. The summed E-state index contributed by atoms with van der Waals surface area (Å²) in [5.74, 6) is 0.106. The highest BCUT2D eigenvalue weighted by Crippen LogP contribution is 2.23. The molecule has 2 N–H and O–H groups in total. The van der Waals surface area contributed by atoms with Gasteiger partial charge in [0, 0.05) is 12.6 Å². The van der Waals surface area contributed by atoms with Crippen LogP contribution in [0.2, 0.25) is 0 Å². The van der Waals surface area contributed by atoms with Crippen LogP contribution < -0.4 is 5.32 Å². The molecule has 1 amide bonds. The fourth-order valence-electron chi connectivity index (χ4n) is 1.33. The minimum Gasteiger partial charge on any atom is -0.508 e. The number of anilines is 1. The second-order valence-corrected chi connectivity index (χ2v) is 3.66. The Morgan fingerprint density at radius 1 is 1.47 bits per heavy atom. The van der Waals surface area contributed by atoms with Crippen molar-refractivity contribution in [2.75, 3.05) is 5.32 Å². The molecule has 0 aliphatic carbocycles. The highest BCUT2D eigenvalue weighted by atomic mass is 16.3. The summed E-state index contributed by atoms with van der Waals surface area (Å²) in [4.78, 5) is 10.8. The van der Waals surface area contributed by atoms with E-state index in [0.717, 1.165) is 11.1 Å². The minimum atomic E-state index is -0.123. The number of hydrogen-bond donors (Lipinski definition) is 2. The van der Waals surface area contributed by atoms with Crippen molar-refractivity contribution in [1.29, 1.82) is 0 Å². The Hall–Kier alpha value is -1.77. The van der Waals surface area contributed by atoms with Crippen molar-refractivity contribution in [2.45, 2.75) is 20.3 Å². The molecule has 80 valence electrons. The van der Waals surface area contributed by atoms with Crippen molar-refractivity contribution >= 4 is 11.6 Å². The molecule has 0 radical (unpaired) electrons. The van der Waals surface area contributed by atoms with Gasteiger partial charge in [-0.2, -0.15) is 0 Å². The van der Waals surface area contributed by atoms with Crippen molar-refractivity contribution in [3.63, 3.8) is 0 Å². The van der Waals surface area contributed by atoms with Gasteiger partial charge in [0.2, 0.25) is 5.91 Å². The Morgan fingerprint density at radius 2 is 2.13 bits per heavy atom. The molecular formula is C12H15NO2. The van der Waals surface area contributed by atoms with Gasteiger partial charge in [-0.15, -0.1) is 0 Å². The fourth-order valence-corrected chi connectivity index (χ4v) is 1.33. The van der Waals surface area contributed by atoms with Gasteiger partial charge < -0.3 is 10.4 Å². The van der Waals surface area contributed by atoms with Crippen molar-refractivity contribution in [1.82, 2.24) is 0 Å². The maximum absolute atomic E-state index is 10.8. The highest BCUT2D eigenvalue weighted by molar-refractivity contribution is 5.88. The van der Waals surface area contributed by atoms with E-state index in [1.54, 1.807) is 18.2 Å². The number of benzene rings is 1. The summed E-state index contributed by atoms with van der Waals surface area (Å²) in [7, 11) is 0. The number of hydrogen-bond acceptors (Lipinski definition) is 2. The lowest BCUT2D eigenvalue weighted by Gasteiger charge is -2.07. The average Bonchev–Trinajstić information content (AvgIpc) is 2.09. The third-order valence-corrected chi connectivity index (χ3v) is 1.89. The van der Waals surface area contributed by atoms with E-state index in [4.69, 9.17) is 0 Å². The van der Waals surface area contributed by atoms with Crippen LogP contribution in [0.3, 0.4) is 0 Å². The predicted molar refractivity (Wildman–Crippen MR) is 60.9 cm³/mol. The second-order valence-electron chi connectivity index (χ2n) is 3.66. The molecule has 0 aliphatic heterocycles. The lowest BCUT2D eigenvalue weighted by atomic mass is 10.1. The Morgan fingerprint density at radius 3 is 2.67 bits per heavy atom. The summed E-state index contributed by atoms with van der Waals surface area (Å²) in [6, 6.07) is 4.99. The molecular weight excluding hydrogens is 190 g/mol. The Balaban J connectivity index is 2.94. The lowest BCUT2D eigenvalue weighted by Crippen LogP contribution is -2.05. The van der Waals surface area contributed by atoms with E-state index in [1.807, 2.05) is 6.92 Å². The standard InChI is InChI=1S/C12H15NO2/c1-8(2)6-10-7-11(13-9(3)14)4-5-12(10)15/h4-5,7,15H,1,6H2,2-3H3,(H,13,14). The van der Waals surface area contributed by atoms with Crippen LogP contribution in [0.15, 0.2) is 30.4 Å². The molecule has 0 saturated heterocycles. The van der Waals surface area contributed by atoms with E-state index in [1.165, 1.54) is 6.92 Å². The van der Waals surface area contributed by atoms with Crippen LogP contribution >= 0.6 is 0 Å². The first-order chi connectivity index (χ1) is 6.99. The number of carbonyl (C=O) groups excluding carboxylic acids is 1. The Kier molecular flexibility index (Phi) is 3.50. The molecule has 0 aliphatic rings. The normalized spacial score (nSPS) is 9.73. The first-order valence-corrected chi connectivity index (χ1v) is 4.73. The molecule has 0 atom stereocenters. The van der Waals surface area contributed by atoms with Gasteiger partial charge in [0.25, 0.3) is 0 Å². The van der Waals surface area contributed by atoms with E-state index in [9.17, 15) is 9.90 Å².